The lowest BCUT2D eigenvalue weighted by Crippen LogP contribution is -2.45. The summed E-state index contributed by atoms with van der Waals surface area (Å²) in [5.74, 6) is 0.151. The summed E-state index contributed by atoms with van der Waals surface area (Å²) < 4.78 is 0. The van der Waals surface area contributed by atoms with Gasteiger partial charge in [0.15, 0.2) is 0 Å². The Morgan fingerprint density at radius 1 is 1.10 bits per heavy atom. The van der Waals surface area contributed by atoms with Gasteiger partial charge in [-0.15, -0.1) is 12.4 Å². The highest BCUT2D eigenvalue weighted by Gasteiger charge is 2.32. The van der Waals surface area contributed by atoms with Crippen LogP contribution in [0, 0.1) is 11.8 Å². The van der Waals surface area contributed by atoms with Crippen molar-refractivity contribution in [2.24, 2.45) is 23.3 Å². The Labute approximate surface area is 133 Å². The minimum absolute atomic E-state index is 0. The van der Waals surface area contributed by atoms with E-state index in [9.17, 15) is 9.59 Å². The molecule has 0 aliphatic heterocycles. The second-order valence-electron chi connectivity index (χ2n) is 6.45. The minimum Gasteiger partial charge on any atom is -0.370 e. The number of nitrogens with two attached hydrogens (primary N) is 2. The van der Waals surface area contributed by atoms with Crippen molar-refractivity contribution in [3.8, 4) is 0 Å². The maximum Gasteiger partial charge on any atom is 0.223 e. The van der Waals surface area contributed by atoms with E-state index in [4.69, 9.17) is 11.5 Å². The van der Waals surface area contributed by atoms with Gasteiger partial charge in [-0.1, -0.05) is 19.3 Å². The zero-order valence-corrected chi connectivity index (χ0v) is 13.4. The SMILES string of the molecule is Cl.NC(=O)CC(NC(=O)C1CCC(N)C1)C1CCCCC1. The van der Waals surface area contributed by atoms with Gasteiger partial charge < -0.3 is 16.8 Å². The summed E-state index contributed by atoms with van der Waals surface area (Å²) in [5, 5.41) is 3.09. The maximum atomic E-state index is 12.3. The van der Waals surface area contributed by atoms with Crippen molar-refractivity contribution in [3.63, 3.8) is 0 Å². The summed E-state index contributed by atoms with van der Waals surface area (Å²) in [6, 6.07) is 0.0622. The first-order chi connectivity index (χ1) is 9.56. The van der Waals surface area contributed by atoms with Crippen molar-refractivity contribution < 1.29 is 9.59 Å². The largest absolute Gasteiger partial charge is 0.370 e. The molecule has 0 aromatic rings. The number of hydrogen-bond acceptors (Lipinski definition) is 3. The second kappa shape index (κ2) is 8.59. The molecule has 0 heterocycles. The molecule has 122 valence electrons. The van der Waals surface area contributed by atoms with Gasteiger partial charge in [0.2, 0.25) is 11.8 Å². The molecule has 3 unspecified atom stereocenters. The van der Waals surface area contributed by atoms with Crippen LogP contribution in [0.3, 0.4) is 0 Å². The van der Waals surface area contributed by atoms with E-state index in [-0.39, 0.29) is 48.6 Å². The monoisotopic (exact) mass is 317 g/mol. The number of halogens is 1. The summed E-state index contributed by atoms with van der Waals surface area (Å²) in [7, 11) is 0. The molecule has 5 nitrogen and oxygen atoms in total. The van der Waals surface area contributed by atoms with Crippen molar-refractivity contribution in [3.05, 3.63) is 0 Å². The summed E-state index contributed by atoms with van der Waals surface area (Å²) in [4.78, 5) is 23.6. The quantitative estimate of drug-likeness (QED) is 0.716. The Balaban J connectivity index is 0.00000220. The first-order valence-electron chi connectivity index (χ1n) is 7.90. The molecule has 0 bridgehead atoms. The molecule has 0 saturated heterocycles. The molecular weight excluding hydrogens is 290 g/mol. The Kier molecular flexibility index (Phi) is 7.46. The molecule has 21 heavy (non-hydrogen) atoms. The van der Waals surface area contributed by atoms with Gasteiger partial charge in [0.05, 0.1) is 0 Å². The maximum absolute atomic E-state index is 12.3. The molecule has 3 atom stereocenters. The Morgan fingerprint density at radius 3 is 2.29 bits per heavy atom. The standard InChI is InChI=1S/C15H27N3O2.ClH/c16-12-7-6-11(8-12)15(20)18-13(9-14(17)19)10-4-2-1-3-5-10;/h10-13H,1-9,16H2,(H2,17,19)(H,18,20);1H. The van der Waals surface area contributed by atoms with Crippen LogP contribution in [0.1, 0.15) is 57.8 Å². The van der Waals surface area contributed by atoms with Gasteiger partial charge in [0.1, 0.15) is 0 Å². The fraction of sp³-hybridized carbons (Fsp3) is 0.867. The van der Waals surface area contributed by atoms with Crippen molar-refractivity contribution >= 4 is 24.2 Å². The number of rotatable bonds is 5. The third kappa shape index (κ3) is 5.47. The Hall–Kier alpha value is -0.810. The van der Waals surface area contributed by atoms with Crippen LogP contribution in [0.15, 0.2) is 0 Å². The zero-order valence-electron chi connectivity index (χ0n) is 12.6. The highest BCUT2D eigenvalue weighted by Crippen LogP contribution is 2.29. The van der Waals surface area contributed by atoms with Gasteiger partial charge in [-0.05, 0) is 38.0 Å². The van der Waals surface area contributed by atoms with E-state index in [1.165, 1.54) is 19.3 Å². The van der Waals surface area contributed by atoms with Crippen molar-refractivity contribution in [2.75, 3.05) is 0 Å². The second-order valence-corrected chi connectivity index (χ2v) is 6.45. The normalized spacial score (nSPS) is 27.7. The lowest BCUT2D eigenvalue weighted by Gasteiger charge is -2.31. The summed E-state index contributed by atoms with van der Waals surface area (Å²) >= 11 is 0. The molecular formula is C15H28ClN3O2. The number of nitrogens with one attached hydrogen (secondary N) is 1. The third-order valence-corrected chi connectivity index (χ3v) is 4.81. The zero-order chi connectivity index (χ0) is 14.5. The van der Waals surface area contributed by atoms with Crippen molar-refractivity contribution in [1.29, 1.82) is 0 Å². The predicted octanol–water partition coefficient (Wildman–Crippen LogP) is 1.48. The van der Waals surface area contributed by atoms with E-state index in [0.29, 0.717) is 5.92 Å². The van der Waals surface area contributed by atoms with Gasteiger partial charge in [-0.2, -0.15) is 0 Å². The topological polar surface area (TPSA) is 98.2 Å². The highest BCUT2D eigenvalue weighted by atomic mass is 35.5. The lowest BCUT2D eigenvalue weighted by atomic mass is 9.82. The van der Waals surface area contributed by atoms with Gasteiger partial charge in [-0.3, -0.25) is 9.59 Å². The van der Waals surface area contributed by atoms with Gasteiger partial charge in [0.25, 0.3) is 0 Å². The fourth-order valence-corrected chi connectivity index (χ4v) is 3.64. The molecule has 0 radical (unpaired) electrons. The van der Waals surface area contributed by atoms with Crippen LogP contribution in [0.5, 0.6) is 0 Å². The molecule has 6 heteroatoms. The van der Waals surface area contributed by atoms with E-state index in [0.717, 1.165) is 32.1 Å². The van der Waals surface area contributed by atoms with E-state index in [2.05, 4.69) is 5.32 Å². The summed E-state index contributed by atoms with van der Waals surface area (Å²) in [6.45, 7) is 0. The molecule has 0 aromatic heterocycles. The molecule has 0 spiro atoms. The molecule has 5 N–H and O–H groups in total. The molecule has 2 saturated carbocycles. The Bertz CT molecular complexity index is 359. The molecule has 2 fully saturated rings. The van der Waals surface area contributed by atoms with Crippen LogP contribution in [0.2, 0.25) is 0 Å². The van der Waals surface area contributed by atoms with Gasteiger partial charge >= 0.3 is 0 Å². The number of carbonyl (C=O) groups excluding carboxylic acids is 2. The van der Waals surface area contributed by atoms with Crippen molar-refractivity contribution in [2.45, 2.75) is 69.9 Å². The van der Waals surface area contributed by atoms with E-state index in [1.54, 1.807) is 0 Å². The average molecular weight is 318 g/mol. The predicted molar refractivity (Wildman–Crippen MR) is 84.9 cm³/mol. The van der Waals surface area contributed by atoms with E-state index >= 15 is 0 Å². The first-order valence-corrected chi connectivity index (χ1v) is 7.90. The third-order valence-electron chi connectivity index (χ3n) is 4.81. The lowest BCUT2D eigenvalue weighted by molar-refractivity contribution is -0.126. The summed E-state index contributed by atoms with van der Waals surface area (Å²) in [5.41, 5.74) is 11.2. The number of amides is 2. The Morgan fingerprint density at radius 2 is 1.76 bits per heavy atom. The van der Waals surface area contributed by atoms with Crippen LogP contribution < -0.4 is 16.8 Å². The first kappa shape index (κ1) is 18.2. The van der Waals surface area contributed by atoms with Crippen molar-refractivity contribution in [1.82, 2.24) is 5.32 Å². The van der Waals surface area contributed by atoms with E-state index in [1.807, 2.05) is 0 Å². The molecule has 2 rings (SSSR count). The molecule has 2 amide bonds. The fourth-order valence-electron chi connectivity index (χ4n) is 3.64. The molecule has 0 aromatic carbocycles. The van der Waals surface area contributed by atoms with Gasteiger partial charge in [0, 0.05) is 24.4 Å². The van der Waals surface area contributed by atoms with Gasteiger partial charge in [-0.25, -0.2) is 0 Å². The van der Waals surface area contributed by atoms with Crippen LogP contribution >= 0.6 is 12.4 Å². The van der Waals surface area contributed by atoms with Crippen LogP contribution in [0.4, 0.5) is 0 Å². The van der Waals surface area contributed by atoms with Crippen LogP contribution in [-0.4, -0.2) is 23.9 Å². The number of hydrogen-bond donors (Lipinski definition) is 3. The van der Waals surface area contributed by atoms with Crippen LogP contribution in [0.25, 0.3) is 0 Å². The smallest absolute Gasteiger partial charge is 0.223 e. The molecule has 2 aliphatic rings. The summed E-state index contributed by atoms with van der Waals surface area (Å²) in [6.07, 6.45) is 8.60. The highest BCUT2D eigenvalue weighted by molar-refractivity contribution is 5.85. The van der Waals surface area contributed by atoms with Crippen LogP contribution in [-0.2, 0) is 9.59 Å². The molecule has 2 aliphatic carbocycles. The van der Waals surface area contributed by atoms with E-state index < -0.39 is 0 Å². The minimum atomic E-state index is -0.330. The number of carbonyl (C=O) groups is 2. The average Bonchev–Trinajstić information content (AvgIpc) is 2.85. The number of primary amides is 1.